The molecule has 2 aliphatic rings. The van der Waals surface area contributed by atoms with Gasteiger partial charge >= 0.3 is 11.9 Å². The normalized spacial score (nSPS) is 24.6. The van der Waals surface area contributed by atoms with E-state index in [1.165, 1.54) is 38.8 Å². The minimum atomic E-state index is -2.27. The highest BCUT2D eigenvalue weighted by atomic mass is 16.4. The van der Waals surface area contributed by atoms with Crippen LogP contribution in [0.5, 0.6) is 0 Å². The summed E-state index contributed by atoms with van der Waals surface area (Å²) in [6.07, 6.45) is 0.996. The van der Waals surface area contributed by atoms with Crippen molar-refractivity contribution in [3.05, 3.63) is 0 Å². The van der Waals surface area contributed by atoms with E-state index in [2.05, 4.69) is 10.6 Å². The third kappa shape index (κ3) is 8.76. The number of nitrogens with one attached hydrogen (secondary N) is 2. The molecule has 2 aliphatic heterocycles. The first kappa shape index (κ1) is 26.6. The molecule has 0 radical (unpaired) electrons. The highest BCUT2D eigenvalue weighted by molar-refractivity contribution is 5.83. The Bertz CT molecular complexity index is 298. The van der Waals surface area contributed by atoms with Gasteiger partial charge in [-0.1, -0.05) is 0 Å². The summed E-state index contributed by atoms with van der Waals surface area (Å²) in [5.41, 5.74) is 0. The zero-order valence-electron chi connectivity index (χ0n) is 12.7. The first-order valence-electron chi connectivity index (χ1n) is 6.72. The maximum Gasteiger partial charge on any atom is 0.335 e. The van der Waals surface area contributed by atoms with Crippen LogP contribution in [-0.4, -0.2) is 86.2 Å². The fraction of sp³-hybridized carbons (Fsp3) is 0.833. The number of hydrogen-bond donors (Lipinski definition) is 6. The second-order valence-corrected chi connectivity index (χ2v) is 4.97. The van der Waals surface area contributed by atoms with Gasteiger partial charge < -0.3 is 47.5 Å². The van der Waals surface area contributed by atoms with E-state index in [1.54, 1.807) is 0 Å². The van der Waals surface area contributed by atoms with Gasteiger partial charge in [-0.05, 0) is 38.8 Å². The molecule has 2 saturated heterocycles. The van der Waals surface area contributed by atoms with Crippen LogP contribution in [0.15, 0.2) is 0 Å². The number of carbonyl (C=O) groups is 2. The molecule has 0 aromatic rings. The molecule has 0 aromatic carbocycles. The maximum atomic E-state index is 9.77. The number of aliphatic hydroxyl groups excluding tert-OH is 2. The highest BCUT2D eigenvalue weighted by Gasteiger charge is 2.29. The van der Waals surface area contributed by atoms with E-state index in [0.717, 1.165) is 12.1 Å². The predicted molar refractivity (Wildman–Crippen MR) is 80.2 cm³/mol. The van der Waals surface area contributed by atoms with E-state index >= 15 is 0 Å². The van der Waals surface area contributed by atoms with Crippen molar-refractivity contribution < 1.29 is 46.4 Å². The minimum Gasteiger partial charge on any atom is -0.479 e. The van der Waals surface area contributed by atoms with Crippen molar-refractivity contribution in [2.75, 3.05) is 13.1 Å². The highest BCUT2D eigenvalue weighted by Crippen LogP contribution is 2.16. The van der Waals surface area contributed by atoms with Crippen molar-refractivity contribution >= 4 is 11.9 Å². The molecule has 0 amide bonds. The third-order valence-electron chi connectivity index (χ3n) is 3.49. The fourth-order valence-electron chi connectivity index (χ4n) is 2.38. The average Bonchev–Trinajstić information content (AvgIpc) is 3.08. The lowest BCUT2D eigenvalue weighted by Gasteiger charge is -2.17. The van der Waals surface area contributed by atoms with E-state index in [1.807, 2.05) is 0 Å². The molecule has 140 valence electrons. The first-order chi connectivity index (χ1) is 9.43. The van der Waals surface area contributed by atoms with Crippen molar-refractivity contribution in [2.45, 2.75) is 50.0 Å². The van der Waals surface area contributed by atoms with Crippen molar-refractivity contribution in [1.82, 2.24) is 10.6 Å². The van der Waals surface area contributed by atoms with Gasteiger partial charge in [0.05, 0.1) is 0 Å². The monoisotopic (exact) mass is 344 g/mol. The van der Waals surface area contributed by atoms with Crippen LogP contribution in [0.1, 0.15) is 25.7 Å². The standard InChI is InChI=1S/C8H16N2.C4H6O6.3H2O/c1-3-7(9-5-1)8-4-2-6-10-8;5-1(3(7)8)2(6)4(9)10;;;/h7-10H,1-6H2;1-2,5-6H,(H,7,8)(H,9,10);3*1H2/t7-,8-;1-,2-;;;/m00.../s1. The topological polar surface area (TPSA) is 234 Å². The summed E-state index contributed by atoms with van der Waals surface area (Å²) in [6, 6.07) is 1.59. The molecule has 0 bridgehead atoms. The summed E-state index contributed by atoms with van der Waals surface area (Å²) in [7, 11) is 0. The summed E-state index contributed by atoms with van der Waals surface area (Å²) in [6.45, 7) is 2.48. The summed E-state index contributed by atoms with van der Waals surface area (Å²) < 4.78 is 0. The van der Waals surface area contributed by atoms with Crippen molar-refractivity contribution in [3.8, 4) is 0 Å². The van der Waals surface area contributed by atoms with Gasteiger partial charge in [-0.25, -0.2) is 9.59 Å². The van der Waals surface area contributed by atoms with Gasteiger partial charge in [0, 0.05) is 12.1 Å². The molecule has 23 heavy (non-hydrogen) atoms. The largest absolute Gasteiger partial charge is 0.479 e. The van der Waals surface area contributed by atoms with Crippen LogP contribution in [0.2, 0.25) is 0 Å². The van der Waals surface area contributed by atoms with E-state index in [0.29, 0.717) is 0 Å². The lowest BCUT2D eigenvalue weighted by Crippen LogP contribution is -2.40. The van der Waals surface area contributed by atoms with Gasteiger partial charge in [0.15, 0.2) is 12.2 Å². The molecule has 2 fully saturated rings. The number of hydrogen-bond acceptors (Lipinski definition) is 6. The number of carboxylic acid groups (broad SMARTS) is 2. The Kier molecular flexibility index (Phi) is 15.2. The van der Waals surface area contributed by atoms with Gasteiger partial charge in [0.1, 0.15) is 0 Å². The van der Waals surface area contributed by atoms with E-state index < -0.39 is 24.1 Å². The summed E-state index contributed by atoms with van der Waals surface area (Å²) in [5, 5.41) is 39.6. The Labute approximate surface area is 133 Å². The van der Waals surface area contributed by atoms with E-state index in [-0.39, 0.29) is 16.4 Å². The van der Waals surface area contributed by atoms with Gasteiger partial charge in [0.2, 0.25) is 0 Å². The Hall–Kier alpha value is -1.34. The average molecular weight is 344 g/mol. The molecule has 0 unspecified atom stereocenters. The van der Waals surface area contributed by atoms with Crippen LogP contribution in [0, 0.1) is 0 Å². The van der Waals surface area contributed by atoms with Gasteiger partial charge in [-0.2, -0.15) is 0 Å². The molecular weight excluding hydrogens is 316 g/mol. The lowest BCUT2D eigenvalue weighted by molar-refractivity contribution is -0.165. The molecule has 4 atom stereocenters. The molecular formula is C12H28N2O9. The Balaban J connectivity index is -0.000000308. The zero-order valence-corrected chi connectivity index (χ0v) is 12.7. The van der Waals surface area contributed by atoms with Crippen LogP contribution in [-0.2, 0) is 9.59 Å². The summed E-state index contributed by atoms with van der Waals surface area (Å²) >= 11 is 0. The fourth-order valence-corrected chi connectivity index (χ4v) is 2.38. The van der Waals surface area contributed by atoms with Gasteiger partial charge in [-0.3, -0.25) is 0 Å². The molecule has 2 rings (SSSR count). The number of rotatable bonds is 4. The van der Waals surface area contributed by atoms with E-state index in [9.17, 15) is 9.59 Å². The third-order valence-corrected chi connectivity index (χ3v) is 3.49. The predicted octanol–water partition coefficient (Wildman–Crippen LogP) is -4.11. The molecule has 2 heterocycles. The van der Waals surface area contributed by atoms with Crippen LogP contribution < -0.4 is 10.6 Å². The van der Waals surface area contributed by atoms with E-state index in [4.69, 9.17) is 20.4 Å². The number of carboxylic acids is 2. The minimum absolute atomic E-state index is 0. The summed E-state index contributed by atoms with van der Waals surface area (Å²) in [4.78, 5) is 19.5. The Morgan fingerprint density at radius 3 is 1.26 bits per heavy atom. The van der Waals surface area contributed by atoms with Crippen LogP contribution in [0.3, 0.4) is 0 Å². The van der Waals surface area contributed by atoms with Crippen LogP contribution >= 0.6 is 0 Å². The van der Waals surface area contributed by atoms with Gasteiger partial charge in [-0.15, -0.1) is 0 Å². The lowest BCUT2D eigenvalue weighted by atomic mass is 10.1. The molecule has 11 nitrogen and oxygen atoms in total. The molecule has 0 spiro atoms. The quantitative estimate of drug-likeness (QED) is 0.292. The Morgan fingerprint density at radius 1 is 0.783 bits per heavy atom. The second kappa shape index (κ2) is 13.1. The molecule has 11 heteroatoms. The van der Waals surface area contributed by atoms with Crippen molar-refractivity contribution in [1.29, 1.82) is 0 Å². The summed E-state index contributed by atoms with van der Waals surface area (Å²) in [5.74, 6) is -3.54. The Morgan fingerprint density at radius 2 is 1.09 bits per heavy atom. The number of aliphatic hydroxyl groups is 2. The SMILES string of the molecule is C1CN[C@H]([C@@H]2CCCN2)C1.O.O.O.O=C(O)[C@@H](O)[C@H](O)C(=O)O. The second-order valence-electron chi connectivity index (χ2n) is 4.97. The zero-order chi connectivity index (χ0) is 15.1. The number of aliphatic carboxylic acids is 2. The van der Waals surface area contributed by atoms with Crippen molar-refractivity contribution in [2.24, 2.45) is 0 Å². The van der Waals surface area contributed by atoms with Gasteiger partial charge in [0.25, 0.3) is 0 Å². The maximum absolute atomic E-state index is 9.77. The molecule has 0 aromatic heterocycles. The first-order valence-corrected chi connectivity index (χ1v) is 6.72. The molecule has 12 N–H and O–H groups in total. The molecule has 0 saturated carbocycles. The van der Waals surface area contributed by atoms with Crippen molar-refractivity contribution in [3.63, 3.8) is 0 Å². The van der Waals surface area contributed by atoms with Crippen LogP contribution in [0.4, 0.5) is 0 Å². The smallest absolute Gasteiger partial charge is 0.335 e. The van der Waals surface area contributed by atoms with Crippen LogP contribution in [0.25, 0.3) is 0 Å². The molecule has 0 aliphatic carbocycles.